The average Bonchev–Trinajstić information content (AvgIpc) is 2.61. The van der Waals surface area contributed by atoms with Crippen LogP contribution < -0.4 is 5.73 Å². The Morgan fingerprint density at radius 2 is 1.48 bits per heavy atom. The highest BCUT2D eigenvalue weighted by Crippen LogP contribution is 2.32. The molecule has 25 heavy (non-hydrogen) atoms. The molecule has 0 aromatic heterocycles. The van der Waals surface area contributed by atoms with Crippen molar-refractivity contribution in [1.29, 1.82) is 0 Å². The zero-order chi connectivity index (χ0) is 18.0. The van der Waals surface area contributed by atoms with Crippen molar-refractivity contribution in [3.05, 3.63) is 101 Å². The molecule has 2 nitrogen and oxygen atoms in total. The molecule has 0 aliphatic carbocycles. The molecule has 0 heterocycles. The third-order valence-corrected chi connectivity index (χ3v) is 4.76. The lowest BCUT2D eigenvalue weighted by molar-refractivity contribution is 0.103. The van der Waals surface area contributed by atoms with Crippen molar-refractivity contribution in [3.63, 3.8) is 0 Å². The molecule has 2 heteroatoms. The fraction of sp³-hybridized carbons (Fsp3) is 0.174. The van der Waals surface area contributed by atoms with E-state index in [0.717, 1.165) is 27.9 Å². The first-order chi connectivity index (χ1) is 11.9. The lowest BCUT2D eigenvalue weighted by Crippen LogP contribution is -2.19. The monoisotopic (exact) mass is 329 g/mol. The molecule has 0 fully saturated rings. The number of benzene rings is 3. The number of nitrogen functional groups attached to an aromatic ring is 1. The van der Waals surface area contributed by atoms with E-state index < -0.39 is 0 Å². The van der Waals surface area contributed by atoms with Gasteiger partial charge < -0.3 is 5.73 Å². The number of anilines is 1. The normalized spacial score (nSPS) is 11.3. The van der Waals surface area contributed by atoms with Crippen LogP contribution in [0.2, 0.25) is 0 Å². The molecular weight excluding hydrogens is 306 g/mol. The van der Waals surface area contributed by atoms with E-state index >= 15 is 0 Å². The molecule has 0 saturated heterocycles. The van der Waals surface area contributed by atoms with Gasteiger partial charge in [-0.05, 0) is 36.2 Å². The Hall–Kier alpha value is -2.87. The van der Waals surface area contributed by atoms with Crippen molar-refractivity contribution in [3.8, 4) is 0 Å². The predicted octanol–water partition coefficient (Wildman–Crippen LogP) is 5.13. The van der Waals surface area contributed by atoms with E-state index in [2.05, 4.69) is 19.9 Å². The van der Waals surface area contributed by atoms with Gasteiger partial charge in [0, 0.05) is 22.2 Å². The fourth-order valence-electron chi connectivity index (χ4n) is 3.09. The van der Waals surface area contributed by atoms with E-state index in [1.54, 1.807) is 0 Å². The maximum Gasteiger partial charge on any atom is 0.193 e. The second-order valence-corrected chi connectivity index (χ2v) is 7.03. The van der Waals surface area contributed by atoms with Gasteiger partial charge in [0.1, 0.15) is 0 Å². The van der Waals surface area contributed by atoms with Crippen LogP contribution >= 0.6 is 0 Å². The van der Waals surface area contributed by atoms with E-state index in [1.165, 1.54) is 0 Å². The van der Waals surface area contributed by atoms with Crippen molar-refractivity contribution in [1.82, 2.24) is 0 Å². The highest BCUT2D eigenvalue weighted by atomic mass is 16.1. The van der Waals surface area contributed by atoms with Crippen LogP contribution in [0.15, 0.2) is 72.8 Å². The van der Waals surface area contributed by atoms with Gasteiger partial charge in [-0.25, -0.2) is 0 Å². The van der Waals surface area contributed by atoms with Gasteiger partial charge in [0.2, 0.25) is 0 Å². The van der Waals surface area contributed by atoms with Gasteiger partial charge >= 0.3 is 0 Å². The van der Waals surface area contributed by atoms with Crippen LogP contribution in [0.4, 0.5) is 5.69 Å². The summed E-state index contributed by atoms with van der Waals surface area (Å²) in [6.45, 7) is 6.33. The van der Waals surface area contributed by atoms with Gasteiger partial charge in [-0.1, -0.05) is 74.0 Å². The van der Waals surface area contributed by atoms with Crippen LogP contribution in [0, 0.1) is 6.92 Å². The molecule has 3 aromatic rings. The number of hydrogen-bond donors (Lipinski definition) is 1. The Morgan fingerprint density at radius 3 is 2.12 bits per heavy atom. The Morgan fingerprint density at radius 1 is 0.800 bits per heavy atom. The molecular formula is C23H23NO. The van der Waals surface area contributed by atoms with Gasteiger partial charge in [0.05, 0.1) is 0 Å². The Balaban J connectivity index is 1.90. The number of rotatable bonds is 4. The first-order valence-corrected chi connectivity index (χ1v) is 8.46. The van der Waals surface area contributed by atoms with Gasteiger partial charge in [-0.2, -0.15) is 0 Å². The highest BCUT2D eigenvalue weighted by molar-refractivity contribution is 6.09. The van der Waals surface area contributed by atoms with Crippen molar-refractivity contribution in [2.45, 2.75) is 26.2 Å². The quantitative estimate of drug-likeness (QED) is 0.532. The lowest BCUT2D eigenvalue weighted by Gasteiger charge is -2.26. The van der Waals surface area contributed by atoms with Crippen LogP contribution in [0.5, 0.6) is 0 Å². The van der Waals surface area contributed by atoms with Gasteiger partial charge in [0.15, 0.2) is 5.78 Å². The number of hydrogen-bond acceptors (Lipinski definition) is 2. The molecule has 0 spiro atoms. The fourth-order valence-corrected chi connectivity index (χ4v) is 3.09. The Labute approximate surface area is 149 Å². The third-order valence-electron chi connectivity index (χ3n) is 4.76. The Kier molecular flexibility index (Phi) is 4.45. The largest absolute Gasteiger partial charge is 0.399 e. The molecule has 0 amide bonds. The standard InChI is InChI=1S/C23H23NO/c1-16-6-4-7-18(14-16)22(25)17-10-12-19(13-11-17)23(2,3)20-8-5-9-21(24)15-20/h4-15H,24H2,1-3H3. The first kappa shape index (κ1) is 17.0. The van der Waals surface area contributed by atoms with Gasteiger partial charge in [0.25, 0.3) is 0 Å². The van der Waals surface area contributed by atoms with E-state index in [0.29, 0.717) is 5.56 Å². The zero-order valence-electron chi connectivity index (χ0n) is 14.9. The highest BCUT2D eigenvalue weighted by Gasteiger charge is 2.23. The number of aryl methyl sites for hydroxylation is 1. The second-order valence-electron chi connectivity index (χ2n) is 7.03. The summed E-state index contributed by atoms with van der Waals surface area (Å²) in [5, 5.41) is 0. The summed E-state index contributed by atoms with van der Waals surface area (Å²) in [5.41, 5.74) is 11.3. The minimum Gasteiger partial charge on any atom is -0.399 e. The van der Waals surface area contributed by atoms with Crippen molar-refractivity contribution < 1.29 is 4.79 Å². The number of carbonyl (C=O) groups is 1. The van der Waals surface area contributed by atoms with Crippen LogP contribution in [-0.4, -0.2) is 5.78 Å². The smallest absolute Gasteiger partial charge is 0.193 e. The summed E-state index contributed by atoms with van der Waals surface area (Å²) in [4.78, 5) is 12.7. The van der Waals surface area contributed by atoms with Crippen LogP contribution in [0.25, 0.3) is 0 Å². The predicted molar refractivity (Wildman–Crippen MR) is 104 cm³/mol. The third kappa shape index (κ3) is 3.48. The summed E-state index contributed by atoms with van der Waals surface area (Å²) in [6.07, 6.45) is 0. The number of nitrogens with two attached hydrogens (primary N) is 1. The van der Waals surface area contributed by atoms with E-state index in [4.69, 9.17) is 5.73 Å². The molecule has 3 aromatic carbocycles. The summed E-state index contributed by atoms with van der Waals surface area (Å²) in [7, 11) is 0. The summed E-state index contributed by atoms with van der Waals surface area (Å²) in [5.74, 6) is 0.0528. The molecule has 0 radical (unpaired) electrons. The van der Waals surface area contributed by atoms with Crippen molar-refractivity contribution >= 4 is 11.5 Å². The summed E-state index contributed by atoms with van der Waals surface area (Å²) >= 11 is 0. The molecule has 0 bridgehead atoms. The summed E-state index contributed by atoms with van der Waals surface area (Å²) < 4.78 is 0. The molecule has 0 aliphatic heterocycles. The molecule has 126 valence electrons. The van der Waals surface area contributed by atoms with E-state index in [9.17, 15) is 4.79 Å². The van der Waals surface area contributed by atoms with Crippen LogP contribution in [0.3, 0.4) is 0 Å². The average molecular weight is 329 g/mol. The second kappa shape index (κ2) is 6.56. The lowest BCUT2D eigenvalue weighted by atomic mass is 9.77. The minimum atomic E-state index is -0.180. The van der Waals surface area contributed by atoms with Crippen molar-refractivity contribution in [2.75, 3.05) is 5.73 Å². The van der Waals surface area contributed by atoms with Crippen molar-refractivity contribution in [2.24, 2.45) is 0 Å². The van der Waals surface area contributed by atoms with Crippen LogP contribution in [-0.2, 0) is 5.41 Å². The van der Waals surface area contributed by atoms with Crippen LogP contribution in [0.1, 0.15) is 46.5 Å². The molecule has 0 aliphatic rings. The topological polar surface area (TPSA) is 43.1 Å². The minimum absolute atomic E-state index is 0.0528. The number of carbonyl (C=O) groups excluding carboxylic acids is 1. The van der Waals surface area contributed by atoms with Gasteiger partial charge in [-0.15, -0.1) is 0 Å². The van der Waals surface area contributed by atoms with Gasteiger partial charge in [-0.3, -0.25) is 4.79 Å². The zero-order valence-corrected chi connectivity index (χ0v) is 14.9. The molecule has 0 unspecified atom stereocenters. The van der Waals surface area contributed by atoms with E-state index in [1.807, 2.05) is 73.7 Å². The Bertz CT molecular complexity index is 907. The maximum atomic E-state index is 12.7. The summed E-state index contributed by atoms with van der Waals surface area (Å²) in [6, 6.07) is 23.5. The first-order valence-electron chi connectivity index (χ1n) is 8.46. The molecule has 3 rings (SSSR count). The molecule has 2 N–H and O–H groups in total. The maximum absolute atomic E-state index is 12.7. The van der Waals surface area contributed by atoms with E-state index in [-0.39, 0.29) is 11.2 Å². The molecule has 0 atom stereocenters. The SMILES string of the molecule is Cc1cccc(C(=O)c2ccc(C(C)(C)c3cccc(N)c3)cc2)c1. The number of ketones is 1. The molecule has 0 saturated carbocycles.